The summed E-state index contributed by atoms with van der Waals surface area (Å²) in [7, 11) is 0. The van der Waals surface area contributed by atoms with Crippen LogP contribution in [-0.4, -0.2) is 30.7 Å². The van der Waals surface area contributed by atoms with Crippen LogP contribution in [0, 0.1) is 6.92 Å². The van der Waals surface area contributed by atoms with Gasteiger partial charge in [-0.2, -0.15) is 4.98 Å². The fourth-order valence-electron chi connectivity index (χ4n) is 2.57. The number of carboxylic acids is 1. The van der Waals surface area contributed by atoms with E-state index in [9.17, 15) is 4.79 Å². The van der Waals surface area contributed by atoms with Crippen molar-refractivity contribution < 1.29 is 9.90 Å². The first-order valence-corrected chi connectivity index (χ1v) is 7.54. The number of anilines is 2. The highest BCUT2D eigenvalue weighted by Gasteiger charge is 2.12. The van der Waals surface area contributed by atoms with E-state index in [2.05, 4.69) is 20.4 Å². The first-order valence-electron chi connectivity index (χ1n) is 7.16. The third kappa shape index (κ3) is 2.35. The monoisotopic (exact) mass is 341 g/mol. The fourth-order valence-corrected chi connectivity index (χ4v) is 2.79. The highest BCUT2D eigenvalue weighted by atomic mass is 35.5. The van der Waals surface area contributed by atoms with E-state index < -0.39 is 5.97 Å². The van der Waals surface area contributed by atoms with Crippen LogP contribution in [0.2, 0.25) is 5.02 Å². The maximum atomic E-state index is 11.0. The van der Waals surface area contributed by atoms with Crippen LogP contribution in [0.3, 0.4) is 0 Å². The number of rotatable bonds is 3. The molecular formula is C16H12ClN5O2. The van der Waals surface area contributed by atoms with Crippen LogP contribution < -0.4 is 5.32 Å². The highest BCUT2D eigenvalue weighted by molar-refractivity contribution is 6.30. The number of halogens is 1. The molecule has 0 amide bonds. The van der Waals surface area contributed by atoms with Gasteiger partial charge in [0, 0.05) is 10.7 Å². The topological polar surface area (TPSA) is 95.3 Å². The molecule has 0 fully saturated rings. The maximum Gasteiger partial charge on any atom is 0.335 e. The van der Waals surface area contributed by atoms with Gasteiger partial charge in [-0.1, -0.05) is 11.6 Å². The van der Waals surface area contributed by atoms with Crippen molar-refractivity contribution in [3.8, 4) is 0 Å². The van der Waals surface area contributed by atoms with Gasteiger partial charge >= 0.3 is 5.97 Å². The van der Waals surface area contributed by atoms with Crippen molar-refractivity contribution in [2.45, 2.75) is 6.92 Å². The summed E-state index contributed by atoms with van der Waals surface area (Å²) in [6, 6.07) is 10.3. The van der Waals surface area contributed by atoms with Crippen molar-refractivity contribution in [3.63, 3.8) is 0 Å². The summed E-state index contributed by atoms with van der Waals surface area (Å²) < 4.78 is 1.70. The van der Waals surface area contributed by atoms with Crippen molar-refractivity contribution in [1.82, 2.24) is 19.6 Å². The van der Waals surface area contributed by atoms with Gasteiger partial charge in [-0.3, -0.25) is 5.10 Å². The smallest absolute Gasteiger partial charge is 0.335 e. The number of benzene rings is 2. The molecular weight excluding hydrogens is 330 g/mol. The Balaban J connectivity index is 1.74. The molecule has 2 heterocycles. The highest BCUT2D eigenvalue weighted by Crippen LogP contribution is 2.23. The molecule has 0 saturated carbocycles. The molecule has 24 heavy (non-hydrogen) atoms. The standard InChI is InChI=1S/C16H12ClN5O2/c1-8-6-10(17)3-4-11(8)18-15-20-16-19-12-7-9(14(23)24)2-5-13(12)22(16)21-15/h2-7H,1H3,(H,23,24)(H2,18,19,20,21). The van der Waals surface area contributed by atoms with E-state index in [-0.39, 0.29) is 5.56 Å². The molecule has 0 atom stereocenters. The normalized spacial score (nSPS) is 11.2. The third-order valence-electron chi connectivity index (χ3n) is 3.75. The van der Waals surface area contributed by atoms with E-state index in [1.165, 1.54) is 12.1 Å². The maximum absolute atomic E-state index is 11.0. The summed E-state index contributed by atoms with van der Waals surface area (Å²) >= 11 is 5.96. The van der Waals surface area contributed by atoms with Crippen molar-refractivity contribution >= 4 is 46.0 Å². The zero-order valence-corrected chi connectivity index (χ0v) is 13.3. The quantitative estimate of drug-likeness (QED) is 0.529. The first kappa shape index (κ1) is 14.5. The molecule has 8 heteroatoms. The van der Waals surface area contributed by atoms with Gasteiger partial charge in [-0.05, 0) is 48.9 Å². The third-order valence-corrected chi connectivity index (χ3v) is 3.99. The van der Waals surface area contributed by atoms with E-state index >= 15 is 0 Å². The molecule has 2 aromatic carbocycles. The molecule has 0 aliphatic rings. The Bertz CT molecular complexity index is 1100. The minimum atomic E-state index is -0.984. The van der Waals surface area contributed by atoms with Gasteiger partial charge in [-0.15, -0.1) is 0 Å². The Morgan fingerprint density at radius 3 is 2.83 bits per heavy atom. The minimum Gasteiger partial charge on any atom is -0.478 e. The summed E-state index contributed by atoms with van der Waals surface area (Å²) in [6.07, 6.45) is 0. The number of carboxylic acid groups (broad SMARTS) is 1. The summed E-state index contributed by atoms with van der Waals surface area (Å²) in [5.74, 6) is 0.0101. The molecule has 4 rings (SSSR count). The van der Waals surface area contributed by atoms with Crippen LogP contribution in [0.25, 0.3) is 16.8 Å². The van der Waals surface area contributed by atoms with Gasteiger partial charge in [0.15, 0.2) is 0 Å². The lowest BCUT2D eigenvalue weighted by Crippen LogP contribution is -1.97. The van der Waals surface area contributed by atoms with Gasteiger partial charge in [0.2, 0.25) is 5.95 Å². The number of aromatic amines is 1. The number of fused-ring (bicyclic) bond motifs is 3. The Labute approximate surface area is 140 Å². The van der Waals surface area contributed by atoms with E-state index in [0.29, 0.717) is 22.3 Å². The molecule has 120 valence electrons. The second kappa shape index (κ2) is 5.24. The minimum absolute atomic E-state index is 0.193. The van der Waals surface area contributed by atoms with Gasteiger partial charge in [0.1, 0.15) is 0 Å². The van der Waals surface area contributed by atoms with Crippen LogP contribution in [0.4, 0.5) is 11.6 Å². The molecule has 0 unspecified atom stereocenters. The Kier molecular flexibility index (Phi) is 3.17. The van der Waals surface area contributed by atoms with Crippen molar-refractivity contribution in [2.24, 2.45) is 0 Å². The van der Waals surface area contributed by atoms with Crippen LogP contribution in [0.5, 0.6) is 0 Å². The lowest BCUT2D eigenvalue weighted by Gasteiger charge is -2.06. The van der Waals surface area contributed by atoms with Crippen LogP contribution in [0.1, 0.15) is 15.9 Å². The van der Waals surface area contributed by atoms with Crippen LogP contribution >= 0.6 is 11.6 Å². The van der Waals surface area contributed by atoms with Gasteiger partial charge in [0.25, 0.3) is 5.78 Å². The Morgan fingerprint density at radius 1 is 1.25 bits per heavy atom. The molecule has 2 aromatic heterocycles. The summed E-state index contributed by atoms with van der Waals surface area (Å²) in [4.78, 5) is 19.8. The summed E-state index contributed by atoms with van der Waals surface area (Å²) in [6.45, 7) is 1.95. The van der Waals surface area contributed by atoms with E-state index in [1.807, 2.05) is 19.1 Å². The number of aryl methyl sites for hydroxylation is 1. The summed E-state index contributed by atoms with van der Waals surface area (Å²) in [5, 5.41) is 16.0. The van der Waals surface area contributed by atoms with Gasteiger partial charge < -0.3 is 10.4 Å². The number of nitrogens with one attached hydrogen (secondary N) is 2. The number of H-pyrrole nitrogens is 1. The number of imidazole rings is 1. The largest absolute Gasteiger partial charge is 0.478 e. The van der Waals surface area contributed by atoms with Gasteiger partial charge in [0.05, 0.1) is 16.6 Å². The number of hydrogen-bond donors (Lipinski definition) is 3. The molecule has 0 bridgehead atoms. The molecule has 7 nitrogen and oxygen atoms in total. The molecule has 0 aliphatic carbocycles. The Hall–Kier alpha value is -3.06. The number of aromatic nitrogens is 4. The van der Waals surface area contributed by atoms with Crippen LogP contribution in [-0.2, 0) is 0 Å². The molecule has 0 spiro atoms. The molecule has 0 radical (unpaired) electrons. The zero-order valence-electron chi connectivity index (χ0n) is 12.5. The SMILES string of the molecule is Cc1cc(Cl)ccc1Nc1nc2nc3cc(C(=O)O)ccc3n2[nH]1. The number of hydrogen-bond acceptors (Lipinski definition) is 4. The lowest BCUT2D eigenvalue weighted by molar-refractivity contribution is 0.0697. The van der Waals surface area contributed by atoms with Crippen molar-refractivity contribution in [1.29, 1.82) is 0 Å². The van der Waals surface area contributed by atoms with E-state index in [4.69, 9.17) is 16.7 Å². The molecule has 3 N–H and O–H groups in total. The Morgan fingerprint density at radius 2 is 2.08 bits per heavy atom. The number of nitrogens with zero attached hydrogens (tertiary/aromatic N) is 3. The van der Waals surface area contributed by atoms with Crippen LogP contribution in [0.15, 0.2) is 36.4 Å². The second-order valence-electron chi connectivity index (χ2n) is 5.41. The van der Waals surface area contributed by atoms with Crippen molar-refractivity contribution in [2.75, 3.05) is 5.32 Å². The predicted molar refractivity (Wildman–Crippen MR) is 91.3 cm³/mol. The van der Waals surface area contributed by atoms with Crippen molar-refractivity contribution in [3.05, 3.63) is 52.5 Å². The summed E-state index contributed by atoms with van der Waals surface area (Å²) in [5.41, 5.74) is 3.39. The van der Waals surface area contributed by atoms with E-state index in [0.717, 1.165) is 16.8 Å². The molecule has 4 aromatic rings. The fraction of sp³-hybridized carbons (Fsp3) is 0.0625. The molecule has 0 saturated heterocycles. The second-order valence-corrected chi connectivity index (χ2v) is 5.85. The first-order chi connectivity index (χ1) is 11.5. The lowest BCUT2D eigenvalue weighted by atomic mass is 10.2. The van der Waals surface area contributed by atoms with E-state index in [1.54, 1.807) is 16.6 Å². The average molecular weight is 342 g/mol. The number of aromatic carboxylic acids is 1. The number of carbonyl (C=O) groups is 1. The van der Waals surface area contributed by atoms with Gasteiger partial charge in [-0.25, -0.2) is 14.3 Å². The zero-order chi connectivity index (χ0) is 16.8. The predicted octanol–water partition coefficient (Wildman–Crippen LogP) is 3.61. The molecule has 0 aliphatic heterocycles. The average Bonchev–Trinajstić information content (AvgIpc) is 3.06.